The third kappa shape index (κ3) is 7.47. The van der Waals surface area contributed by atoms with E-state index in [0.29, 0.717) is 12.2 Å². The molecule has 2 aliphatic heterocycles. The molecule has 0 amide bonds. The van der Waals surface area contributed by atoms with Crippen LogP contribution in [0.25, 0.3) is 0 Å². The number of nitrogens with zero attached hydrogens (tertiary/aromatic N) is 3. The van der Waals surface area contributed by atoms with Crippen LogP contribution in [-0.4, -0.2) is 67.9 Å². The Labute approximate surface area is 184 Å². The highest BCUT2D eigenvalue weighted by molar-refractivity contribution is 14.0. The van der Waals surface area contributed by atoms with E-state index in [2.05, 4.69) is 25.6 Å². The molecule has 27 heavy (non-hydrogen) atoms. The van der Waals surface area contributed by atoms with Crippen LogP contribution in [0.4, 0.5) is 0 Å². The average molecular weight is 508 g/mol. The summed E-state index contributed by atoms with van der Waals surface area (Å²) in [6, 6.07) is 0. The summed E-state index contributed by atoms with van der Waals surface area (Å²) in [4.78, 5) is 11.3. The number of piperidine rings is 1. The average Bonchev–Trinajstić information content (AvgIpc) is 3.10. The first kappa shape index (κ1) is 22.8. The summed E-state index contributed by atoms with van der Waals surface area (Å²) in [6.07, 6.45) is 7.33. The lowest BCUT2D eigenvalue weighted by atomic mass is 10.1. The second-order valence-electron chi connectivity index (χ2n) is 7.09. The number of guanidine groups is 1. The number of hydrogen-bond donors (Lipinski definition) is 1. The first-order valence-electron chi connectivity index (χ1n) is 9.84. The lowest BCUT2D eigenvalue weighted by Crippen LogP contribution is -2.47. The van der Waals surface area contributed by atoms with E-state index in [1.807, 2.05) is 14.0 Å². The third-order valence-electron chi connectivity index (χ3n) is 5.08. The number of aliphatic imine (C=N–C) groups is 1. The van der Waals surface area contributed by atoms with E-state index < -0.39 is 0 Å². The van der Waals surface area contributed by atoms with Crippen molar-refractivity contribution in [1.82, 2.24) is 15.2 Å². The molecule has 3 rings (SSSR count). The summed E-state index contributed by atoms with van der Waals surface area (Å²) in [7, 11) is 1.86. The minimum Gasteiger partial charge on any atom is -0.376 e. The van der Waals surface area contributed by atoms with Gasteiger partial charge in [0.1, 0.15) is 0 Å². The lowest BCUT2D eigenvalue weighted by molar-refractivity contribution is -0.0721. The molecule has 0 spiro atoms. The molecule has 1 unspecified atom stereocenters. The zero-order valence-corrected chi connectivity index (χ0v) is 19.6. The molecule has 2 aliphatic rings. The number of ether oxygens (including phenoxy) is 2. The molecule has 1 aromatic rings. The van der Waals surface area contributed by atoms with E-state index in [0.717, 1.165) is 75.2 Å². The molecule has 2 saturated heterocycles. The van der Waals surface area contributed by atoms with Crippen molar-refractivity contribution in [2.24, 2.45) is 4.99 Å². The first-order valence-corrected chi connectivity index (χ1v) is 10.7. The van der Waals surface area contributed by atoms with E-state index in [9.17, 15) is 0 Å². The Kier molecular flexibility index (Phi) is 10.3. The Balaban J connectivity index is 0.00000261. The van der Waals surface area contributed by atoms with Crippen molar-refractivity contribution in [3.8, 4) is 0 Å². The van der Waals surface area contributed by atoms with Crippen molar-refractivity contribution in [2.75, 3.05) is 39.9 Å². The normalized spacial score (nSPS) is 21.8. The fraction of sp³-hybridized carbons (Fsp3) is 0.789. The summed E-state index contributed by atoms with van der Waals surface area (Å²) in [6.45, 7) is 6.55. The van der Waals surface area contributed by atoms with E-state index in [-0.39, 0.29) is 24.0 Å². The van der Waals surface area contributed by atoms with Crippen LogP contribution >= 0.6 is 35.3 Å². The van der Waals surface area contributed by atoms with Crippen molar-refractivity contribution in [3.05, 3.63) is 16.1 Å². The van der Waals surface area contributed by atoms with Crippen LogP contribution in [0.1, 0.15) is 42.8 Å². The maximum Gasteiger partial charge on any atom is 0.193 e. The number of nitrogens with one attached hydrogen (secondary N) is 1. The van der Waals surface area contributed by atoms with Crippen LogP contribution in [0.3, 0.4) is 0 Å². The maximum absolute atomic E-state index is 6.11. The maximum atomic E-state index is 6.11. The predicted octanol–water partition coefficient (Wildman–Crippen LogP) is 3.24. The van der Waals surface area contributed by atoms with Crippen molar-refractivity contribution in [3.63, 3.8) is 0 Å². The van der Waals surface area contributed by atoms with Crippen molar-refractivity contribution >= 4 is 41.3 Å². The zero-order valence-electron chi connectivity index (χ0n) is 16.5. The molecular formula is C19H33IN4O2S. The summed E-state index contributed by atoms with van der Waals surface area (Å²) < 4.78 is 11.9. The van der Waals surface area contributed by atoms with E-state index >= 15 is 0 Å². The van der Waals surface area contributed by atoms with Gasteiger partial charge >= 0.3 is 0 Å². The summed E-state index contributed by atoms with van der Waals surface area (Å²) >= 11 is 1.71. The minimum absolute atomic E-state index is 0. The Morgan fingerprint density at radius 3 is 2.81 bits per heavy atom. The molecule has 0 aromatic carbocycles. The van der Waals surface area contributed by atoms with Gasteiger partial charge in [0, 0.05) is 45.1 Å². The molecule has 8 heteroatoms. The number of aromatic nitrogens is 1. The molecule has 1 atom stereocenters. The highest BCUT2D eigenvalue weighted by Crippen LogP contribution is 2.18. The quantitative estimate of drug-likeness (QED) is 0.363. The smallest absolute Gasteiger partial charge is 0.193 e. The molecule has 6 nitrogen and oxygen atoms in total. The molecule has 3 heterocycles. The number of rotatable bonds is 6. The highest BCUT2D eigenvalue weighted by Gasteiger charge is 2.23. The second-order valence-corrected chi connectivity index (χ2v) is 8.15. The standard InChI is InChI=1S/C19H32N4O2S.HI/c1-15-22-16(14-26-15)6-9-21-19(20-2)23-10-7-17(8-11-23)25-13-18-5-3-4-12-24-18;/h14,17-18H,3-13H2,1-2H3,(H,20,21);1H. The summed E-state index contributed by atoms with van der Waals surface area (Å²) in [5.74, 6) is 0.992. The molecule has 0 aliphatic carbocycles. The second kappa shape index (κ2) is 12.2. The topological polar surface area (TPSA) is 59.0 Å². The number of aryl methyl sites for hydroxylation is 1. The van der Waals surface area contributed by atoms with Crippen LogP contribution in [0, 0.1) is 6.92 Å². The van der Waals surface area contributed by atoms with Gasteiger partial charge in [0.15, 0.2) is 5.96 Å². The molecule has 154 valence electrons. The molecule has 0 radical (unpaired) electrons. The SMILES string of the molecule is CN=C(NCCc1csc(C)n1)N1CCC(OCC2CCCCO2)CC1.I. The van der Waals surface area contributed by atoms with Crippen LogP contribution in [0.2, 0.25) is 0 Å². The van der Waals surface area contributed by atoms with Gasteiger partial charge in [-0.25, -0.2) is 4.98 Å². The molecule has 0 saturated carbocycles. The summed E-state index contributed by atoms with van der Waals surface area (Å²) in [5.41, 5.74) is 1.16. The Morgan fingerprint density at radius 1 is 1.37 bits per heavy atom. The van der Waals surface area contributed by atoms with Crippen LogP contribution in [0.5, 0.6) is 0 Å². The molecule has 1 aromatic heterocycles. The van der Waals surface area contributed by atoms with Gasteiger partial charge in [0.2, 0.25) is 0 Å². The van der Waals surface area contributed by atoms with Gasteiger partial charge < -0.3 is 19.7 Å². The van der Waals surface area contributed by atoms with E-state index in [1.54, 1.807) is 11.3 Å². The van der Waals surface area contributed by atoms with Crippen molar-refractivity contribution in [2.45, 2.75) is 57.7 Å². The minimum atomic E-state index is 0. The van der Waals surface area contributed by atoms with Crippen molar-refractivity contribution in [1.29, 1.82) is 0 Å². The Morgan fingerprint density at radius 2 is 2.19 bits per heavy atom. The molecule has 0 bridgehead atoms. The fourth-order valence-corrected chi connectivity index (χ4v) is 4.22. The van der Waals surface area contributed by atoms with E-state index in [1.165, 1.54) is 12.8 Å². The highest BCUT2D eigenvalue weighted by atomic mass is 127. The van der Waals surface area contributed by atoms with Gasteiger partial charge in [0.25, 0.3) is 0 Å². The third-order valence-corrected chi connectivity index (χ3v) is 5.90. The van der Waals surface area contributed by atoms with Crippen LogP contribution in [0.15, 0.2) is 10.4 Å². The molecular weight excluding hydrogens is 475 g/mol. The van der Waals surface area contributed by atoms with Gasteiger partial charge in [-0.2, -0.15) is 0 Å². The summed E-state index contributed by atoms with van der Waals surface area (Å²) in [5, 5.41) is 6.74. The zero-order chi connectivity index (χ0) is 18.2. The Bertz CT molecular complexity index is 570. The lowest BCUT2D eigenvalue weighted by Gasteiger charge is -2.35. The largest absolute Gasteiger partial charge is 0.376 e. The monoisotopic (exact) mass is 508 g/mol. The van der Waals surface area contributed by atoms with Crippen LogP contribution in [-0.2, 0) is 15.9 Å². The number of halogens is 1. The van der Waals surface area contributed by atoms with Crippen LogP contribution < -0.4 is 5.32 Å². The van der Waals surface area contributed by atoms with Gasteiger partial charge in [-0.05, 0) is 39.0 Å². The number of likely N-dealkylation sites (tertiary alicyclic amines) is 1. The molecule has 2 fully saturated rings. The van der Waals surface area contributed by atoms with E-state index in [4.69, 9.17) is 9.47 Å². The number of hydrogen-bond acceptors (Lipinski definition) is 5. The van der Waals surface area contributed by atoms with Gasteiger partial charge in [-0.3, -0.25) is 4.99 Å². The van der Waals surface area contributed by atoms with Gasteiger partial charge in [-0.1, -0.05) is 0 Å². The van der Waals surface area contributed by atoms with Crippen molar-refractivity contribution < 1.29 is 9.47 Å². The number of thiazole rings is 1. The van der Waals surface area contributed by atoms with Gasteiger partial charge in [0.05, 0.1) is 29.5 Å². The Hall–Kier alpha value is -0.450. The fourth-order valence-electron chi connectivity index (χ4n) is 3.57. The molecule has 1 N–H and O–H groups in total. The predicted molar refractivity (Wildman–Crippen MR) is 121 cm³/mol. The van der Waals surface area contributed by atoms with Gasteiger partial charge in [-0.15, -0.1) is 35.3 Å². The first-order chi connectivity index (χ1) is 12.7.